The molecule has 5 heteroatoms. The van der Waals surface area contributed by atoms with Gasteiger partial charge in [-0.25, -0.2) is 4.79 Å². The number of hydrogen-bond donors (Lipinski definition) is 0. The van der Waals surface area contributed by atoms with Gasteiger partial charge >= 0.3 is 5.97 Å². The van der Waals surface area contributed by atoms with E-state index in [2.05, 4.69) is 13.8 Å². The summed E-state index contributed by atoms with van der Waals surface area (Å²) >= 11 is 0. The van der Waals surface area contributed by atoms with E-state index in [4.69, 9.17) is 14.2 Å². The van der Waals surface area contributed by atoms with Crippen molar-refractivity contribution in [2.75, 3.05) is 7.11 Å². The van der Waals surface area contributed by atoms with E-state index < -0.39 is 11.7 Å². The second kappa shape index (κ2) is 7.05. The molecule has 1 fully saturated rings. The lowest BCUT2D eigenvalue weighted by Gasteiger charge is -2.50. The maximum Gasteiger partial charge on any atom is 0.348 e. The summed E-state index contributed by atoms with van der Waals surface area (Å²) < 4.78 is 17.8. The quantitative estimate of drug-likeness (QED) is 0.712. The van der Waals surface area contributed by atoms with Crippen LogP contribution in [0, 0.1) is 11.8 Å². The highest BCUT2D eigenvalue weighted by Gasteiger charge is 2.58. The molecule has 1 aromatic carbocycles. The second-order valence-corrected chi connectivity index (χ2v) is 8.67. The molecule has 3 aliphatic rings. The first-order chi connectivity index (χ1) is 13.8. The maximum atomic E-state index is 13.3. The molecule has 0 N–H and O–H groups in total. The van der Waals surface area contributed by atoms with E-state index in [0.717, 1.165) is 23.3 Å². The molecule has 5 nitrogen and oxygen atoms in total. The number of esters is 1. The molecule has 2 aliphatic carbocycles. The zero-order valence-corrected chi connectivity index (χ0v) is 17.7. The van der Waals surface area contributed by atoms with Crippen LogP contribution in [-0.2, 0) is 25.5 Å². The van der Waals surface area contributed by atoms with Gasteiger partial charge in [0.2, 0.25) is 0 Å². The first kappa shape index (κ1) is 19.7. The van der Waals surface area contributed by atoms with Crippen molar-refractivity contribution in [3.63, 3.8) is 0 Å². The van der Waals surface area contributed by atoms with Crippen LogP contribution in [-0.4, -0.2) is 30.6 Å². The van der Waals surface area contributed by atoms with Crippen molar-refractivity contribution < 1.29 is 23.8 Å². The summed E-state index contributed by atoms with van der Waals surface area (Å²) in [6.07, 6.45) is 3.28. The van der Waals surface area contributed by atoms with Gasteiger partial charge in [-0.2, -0.15) is 0 Å². The lowest BCUT2D eigenvalue weighted by atomic mass is 9.64. The van der Waals surface area contributed by atoms with E-state index in [1.54, 1.807) is 21.0 Å². The van der Waals surface area contributed by atoms with E-state index >= 15 is 0 Å². The van der Waals surface area contributed by atoms with E-state index in [-0.39, 0.29) is 17.7 Å². The molecule has 0 amide bonds. The molecule has 0 bridgehead atoms. The molecule has 0 spiro atoms. The lowest BCUT2D eigenvalue weighted by molar-refractivity contribution is -0.196. The number of ketones is 1. The number of allylic oxidation sites excluding steroid dienone is 1. The van der Waals surface area contributed by atoms with Crippen molar-refractivity contribution in [2.24, 2.45) is 11.8 Å². The Bertz CT molecular complexity index is 939. The predicted molar refractivity (Wildman–Crippen MR) is 109 cm³/mol. The van der Waals surface area contributed by atoms with Crippen molar-refractivity contribution in [2.45, 2.75) is 58.7 Å². The molecule has 1 aromatic rings. The minimum absolute atomic E-state index is 0.0243. The summed E-state index contributed by atoms with van der Waals surface area (Å²) in [6, 6.07) is 5.85. The highest BCUT2D eigenvalue weighted by molar-refractivity contribution is 6.13. The highest BCUT2D eigenvalue weighted by Crippen LogP contribution is 2.52. The number of carbonyl (C=O) groups is 2. The summed E-state index contributed by atoms with van der Waals surface area (Å²) in [4.78, 5) is 25.9. The average Bonchev–Trinajstić information content (AvgIpc) is 2.71. The number of carbonyl (C=O) groups excluding carboxylic acids is 2. The van der Waals surface area contributed by atoms with E-state index in [0.29, 0.717) is 35.7 Å². The fourth-order valence-electron chi connectivity index (χ4n) is 4.78. The maximum absolute atomic E-state index is 13.3. The van der Waals surface area contributed by atoms with Gasteiger partial charge in [-0.15, -0.1) is 0 Å². The molecule has 3 atom stereocenters. The minimum atomic E-state index is -0.948. The van der Waals surface area contributed by atoms with Crippen LogP contribution >= 0.6 is 0 Å². The first-order valence-electron chi connectivity index (χ1n) is 10.3. The van der Waals surface area contributed by atoms with Crippen molar-refractivity contribution in [3.05, 3.63) is 46.2 Å². The molecular formula is C24H28O5. The van der Waals surface area contributed by atoms with Gasteiger partial charge in [-0.05, 0) is 56.7 Å². The third-order valence-electron chi connectivity index (χ3n) is 6.38. The van der Waals surface area contributed by atoms with Crippen LogP contribution in [0.4, 0.5) is 0 Å². The highest BCUT2D eigenvalue weighted by atomic mass is 16.6. The number of hydrogen-bond acceptors (Lipinski definition) is 5. The van der Waals surface area contributed by atoms with Crippen LogP contribution in [0.25, 0.3) is 6.08 Å². The van der Waals surface area contributed by atoms with E-state index in [1.807, 2.05) is 24.3 Å². The van der Waals surface area contributed by atoms with Crippen LogP contribution in [0.1, 0.15) is 51.7 Å². The van der Waals surface area contributed by atoms with Crippen LogP contribution < -0.4 is 4.74 Å². The Labute approximate surface area is 171 Å². The summed E-state index contributed by atoms with van der Waals surface area (Å²) in [7, 11) is 1.65. The normalized spacial score (nSPS) is 28.1. The van der Waals surface area contributed by atoms with Gasteiger partial charge < -0.3 is 14.2 Å². The molecule has 1 aliphatic heterocycles. The van der Waals surface area contributed by atoms with Crippen LogP contribution in [0.2, 0.25) is 0 Å². The Morgan fingerprint density at radius 3 is 2.72 bits per heavy atom. The summed E-state index contributed by atoms with van der Waals surface area (Å²) in [5, 5.41) is 0. The van der Waals surface area contributed by atoms with Crippen LogP contribution in [0.15, 0.2) is 35.1 Å². The average molecular weight is 396 g/mol. The number of ether oxygens (including phenoxy) is 3. The van der Waals surface area contributed by atoms with Crippen molar-refractivity contribution in [1.29, 1.82) is 0 Å². The Balaban J connectivity index is 1.91. The molecular weight excluding hydrogens is 368 g/mol. The molecule has 0 radical (unpaired) electrons. The Kier molecular flexibility index (Phi) is 4.80. The monoisotopic (exact) mass is 396 g/mol. The molecule has 29 heavy (non-hydrogen) atoms. The van der Waals surface area contributed by atoms with Gasteiger partial charge in [0, 0.05) is 22.6 Å². The zero-order valence-electron chi connectivity index (χ0n) is 17.7. The Morgan fingerprint density at radius 1 is 1.28 bits per heavy atom. The second-order valence-electron chi connectivity index (χ2n) is 8.67. The first-order valence-corrected chi connectivity index (χ1v) is 10.3. The van der Waals surface area contributed by atoms with E-state index in [1.165, 1.54) is 0 Å². The zero-order chi connectivity index (χ0) is 20.9. The molecule has 4 rings (SSSR count). The predicted octanol–water partition coefficient (Wildman–Crippen LogP) is 4.24. The summed E-state index contributed by atoms with van der Waals surface area (Å²) in [6.45, 7) is 7.74. The summed E-state index contributed by atoms with van der Waals surface area (Å²) in [5.41, 5.74) is 2.31. The number of fused-ring (bicyclic) bond motifs is 4. The number of Topliss-reactive ketones (excluding diaryl/α,β-unsaturated/α-hetero) is 1. The number of rotatable bonds is 4. The SMILES string of the molecule is COc1cccc2c1CC1C(=C2)C(=O)C(C)=C2O[C@H](C)C(=O)O[C@]21CCC(C)C. The molecule has 1 unspecified atom stereocenters. The summed E-state index contributed by atoms with van der Waals surface area (Å²) in [5.74, 6) is 1.07. The Morgan fingerprint density at radius 2 is 2.03 bits per heavy atom. The smallest absolute Gasteiger partial charge is 0.348 e. The standard InChI is InChI=1S/C24H28O5/c1-13(2)9-10-24-19-12-17-16(7-6-8-20(17)27-5)11-18(19)21(25)14(3)22(24)28-15(4)23(26)29-24/h6-8,11,13,15,19H,9-10,12H2,1-5H3/t15-,19?,24+/m1/s1. The molecule has 0 aromatic heterocycles. The van der Waals surface area contributed by atoms with Gasteiger partial charge in [0.05, 0.1) is 7.11 Å². The van der Waals surface area contributed by atoms with Crippen molar-refractivity contribution >= 4 is 17.8 Å². The third kappa shape index (κ3) is 2.98. The molecule has 1 heterocycles. The van der Waals surface area contributed by atoms with Gasteiger partial charge in [0.25, 0.3) is 0 Å². The molecule has 0 saturated carbocycles. The van der Waals surface area contributed by atoms with Crippen LogP contribution in [0.3, 0.4) is 0 Å². The fraction of sp³-hybridized carbons (Fsp3) is 0.500. The Hall–Kier alpha value is -2.56. The largest absolute Gasteiger partial charge is 0.496 e. The molecule has 154 valence electrons. The number of benzene rings is 1. The topological polar surface area (TPSA) is 61.8 Å². The van der Waals surface area contributed by atoms with E-state index in [9.17, 15) is 9.59 Å². The van der Waals surface area contributed by atoms with Gasteiger partial charge in [0.15, 0.2) is 17.5 Å². The van der Waals surface area contributed by atoms with Crippen LogP contribution in [0.5, 0.6) is 5.75 Å². The van der Waals surface area contributed by atoms with Crippen molar-refractivity contribution in [1.82, 2.24) is 0 Å². The number of methoxy groups -OCH3 is 1. The van der Waals surface area contributed by atoms with Gasteiger partial charge in [-0.1, -0.05) is 26.0 Å². The third-order valence-corrected chi connectivity index (χ3v) is 6.38. The fourth-order valence-corrected chi connectivity index (χ4v) is 4.78. The minimum Gasteiger partial charge on any atom is -0.496 e. The van der Waals surface area contributed by atoms with Crippen molar-refractivity contribution in [3.8, 4) is 5.75 Å². The van der Waals surface area contributed by atoms with Gasteiger partial charge in [-0.3, -0.25) is 4.79 Å². The molecule has 1 saturated heterocycles. The lowest BCUT2D eigenvalue weighted by Crippen LogP contribution is -2.57. The van der Waals surface area contributed by atoms with Gasteiger partial charge in [0.1, 0.15) is 11.5 Å².